The third-order valence-corrected chi connectivity index (χ3v) is 3.16. The van der Waals surface area contributed by atoms with E-state index in [-0.39, 0.29) is 11.9 Å². The van der Waals surface area contributed by atoms with Crippen molar-refractivity contribution in [1.29, 1.82) is 5.26 Å². The average molecular weight is 310 g/mol. The molecule has 118 valence electrons. The molecule has 0 saturated heterocycles. The van der Waals surface area contributed by atoms with Crippen LogP contribution in [0.2, 0.25) is 0 Å². The molecule has 0 aliphatic rings. The van der Waals surface area contributed by atoms with Crippen molar-refractivity contribution in [3.05, 3.63) is 41.7 Å². The van der Waals surface area contributed by atoms with E-state index in [9.17, 15) is 4.79 Å². The van der Waals surface area contributed by atoms with Crippen LogP contribution in [-0.2, 0) is 11.2 Å². The summed E-state index contributed by atoms with van der Waals surface area (Å²) in [6.45, 7) is 3.92. The predicted molar refractivity (Wildman–Crippen MR) is 86.2 cm³/mol. The lowest BCUT2D eigenvalue weighted by Crippen LogP contribution is -2.11. The van der Waals surface area contributed by atoms with Gasteiger partial charge in [0.1, 0.15) is 5.75 Å². The van der Waals surface area contributed by atoms with Crippen LogP contribution in [0.4, 0.5) is 5.69 Å². The molecule has 0 radical (unpaired) electrons. The maximum atomic E-state index is 11.5. The lowest BCUT2D eigenvalue weighted by molar-refractivity contribution is -0.116. The standard InChI is InChI=1S/C17H18N4O2/c1-3-5-16(22)21-14-10-19-17(20-11-14)23-15-7-6-12(9-18)8-13(15)4-2/h6-8,10-11H,3-5H2,1-2H3,(H,21,22). The number of carbonyl (C=O) groups is 1. The van der Waals surface area contributed by atoms with E-state index in [1.807, 2.05) is 13.8 Å². The summed E-state index contributed by atoms with van der Waals surface area (Å²) < 4.78 is 5.66. The molecule has 23 heavy (non-hydrogen) atoms. The molecule has 2 rings (SSSR count). The van der Waals surface area contributed by atoms with E-state index >= 15 is 0 Å². The number of benzene rings is 1. The number of rotatable bonds is 6. The highest BCUT2D eigenvalue weighted by Gasteiger charge is 2.08. The highest BCUT2D eigenvalue weighted by atomic mass is 16.5. The fourth-order valence-corrected chi connectivity index (χ4v) is 2.01. The number of anilines is 1. The van der Waals surface area contributed by atoms with Crippen molar-refractivity contribution in [2.24, 2.45) is 0 Å². The van der Waals surface area contributed by atoms with E-state index in [4.69, 9.17) is 10.00 Å². The minimum absolute atomic E-state index is 0.0647. The first-order chi connectivity index (χ1) is 11.2. The first-order valence-corrected chi connectivity index (χ1v) is 7.49. The number of hydrogen-bond acceptors (Lipinski definition) is 5. The lowest BCUT2D eigenvalue weighted by atomic mass is 10.1. The second-order valence-corrected chi connectivity index (χ2v) is 4.94. The summed E-state index contributed by atoms with van der Waals surface area (Å²) in [5, 5.41) is 11.6. The number of ether oxygens (including phenoxy) is 1. The van der Waals surface area contributed by atoms with E-state index in [1.54, 1.807) is 18.2 Å². The molecular formula is C17H18N4O2. The van der Waals surface area contributed by atoms with E-state index in [0.717, 1.165) is 18.4 Å². The fraction of sp³-hybridized carbons (Fsp3) is 0.294. The topological polar surface area (TPSA) is 87.9 Å². The Morgan fingerprint density at radius 2 is 2.04 bits per heavy atom. The number of nitriles is 1. The zero-order valence-electron chi connectivity index (χ0n) is 13.2. The third kappa shape index (κ3) is 4.51. The van der Waals surface area contributed by atoms with Crippen LogP contribution in [0.1, 0.15) is 37.8 Å². The quantitative estimate of drug-likeness (QED) is 0.883. The molecule has 1 amide bonds. The Labute approximate surface area is 135 Å². The fourth-order valence-electron chi connectivity index (χ4n) is 2.01. The number of nitrogens with one attached hydrogen (secondary N) is 1. The van der Waals surface area contributed by atoms with Gasteiger partial charge in [-0.05, 0) is 36.6 Å². The van der Waals surface area contributed by atoms with Gasteiger partial charge in [-0.2, -0.15) is 5.26 Å². The predicted octanol–water partition coefficient (Wildman–Crippen LogP) is 3.44. The summed E-state index contributed by atoms with van der Waals surface area (Å²) in [5.41, 5.74) is 2.03. The second-order valence-electron chi connectivity index (χ2n) is 4.94. The summed E-state index contributed by atoms with van der Waals surface area (Å²) in [6, 6.07) is 7.50. The molecule has 0 atom stereocenters. The monoisotopic (exact) mass is 310 g/mol. The number of amides is 1. The molecule has 0 aliphatic carbocycles. The van der Waals surface area contributed by atoms with Crippen molar-refractivity contribution in [1.82, 2.24) is 9.97 Å². The highest BCUT2D eigenvalue weighted by Crippen LogP contribution is 2.24. The number of hydrogen-bond donors (Lipinski definition) is 1. The Morgan fingerprint density at radius 1 is 1.30 bits per heavy atom. The van der Waals surface area contributed by atoms with Gasteiger partial charge in [0.05, 0.1) is 29.7 Å². The van der Waals surface area contributed by atoms with Gasteiger partial charge in [-0.1, -0.05) is 13.8 Å². The molecule has 0 aliphatic heterocycles. The van der Waals surface area contributed by atoms with Gasteiger partial charge in [0, 0.05) is 6.42 Å². The molecule has 1 aromatic carbocycles. The van der Waals surface area contributed by atoms with Gasteiger partial charge in [0.25, 0.3) is 0 Å². The number of aromatic nitrogens is 2. The molecule has 0 spiro atoms. The van der Waals surface area contributed by atoms with Gasteiger partial charge in [0.15, 0.2) is 0 Å². The highest BCUT2D eigenvalue weighted by molar-refractivity contribution is 5.90. The minimum atomic E-state index is -0.0647. The molecule has 0 saturated carbocycles. The van der Waals surface area contributed by atoms with Crippen LogP contribution < -0.4 is 10.1 Å². The largest absolute Gasteiger partial charge is 0.424 e. The van der Waals surface area contributed by atoms with Gasteiger partial charge in [-0.25, -0.2) is 9.97 Å². The van der Waals surface area contributed by atoms with Crippen molar-refractivity contribution in [2.75, 3.05) is 5.32 Å². The summed E-state index contributed by atoms with van der Waals surface area (Å²) in [4.78, 5) is 19.7. The van der Waals surface area contributed by atoms with E-state index in [0.29, 0.717) is 23.4 Å². The van der Waals surface area contributed by atoms with Crippen LogP contribution in [0, 0.1) is 11.3 Å². The van der Waals surface area contributed by atoms with Crippen LogP contribution in [0.5, 0.6) is 11.8 Å². The van der Waals surface area contributed by atoms with Crippen molar-refractivity contribution in [2.45, 2.75) is 33.1 Å². The third-order valence-electron chi connectivity index (χ3n) is 3.16. The molecule has 0 fully saturated rings. The van der Waals surface area contributed by atoms with Crippen LogP contribution >= 0.6 is 0 Å². The SMILES string of the molecule is CCCC(=O)Nc1cnc(Oc2ccc(C#N)cc2CC)nc1. The summed E-state index contributed by atoms with van der Waals surface area (Å²) in [6.07, 6.45) is 4.99. The van der Waals surface area contributed by atoms with Gasteiger partial charge >= 0.3 is 6.01 Å². The zero-order chi connectivity index (χ0) is 16.7. The van der Waals surface area contributed by atoms with Crippen LogP contribution in [0.15, 0.2) is 30.6 Å². The summed E-state index contributed by atoms with van der Waals surface area (Å²) in [7, 11) is 0. The second kappa shape index (κ2) is 7.90. The molecular weight excluding hydrogens is 292 g/mol. The molecule has 1 aromatic heterocycles. The minimum Gasteiger partial charge on any atom is -0.424 e. The average Bonchev–Trinajstić information content (AvgIpc) is 2.57. The Kier molecular flexibility index (Phi) is 5.64. The number of carbonyl (C=O) groups excluding carboxylic acids is 1. The number of aryl methyl sites for hydroxylation is 1. The molecule has 6 nitrogen and oxygen atoms in total. The smallest absolute Gasteiger partial charge is 0.322 e. The molecule has 6 heteroatoms. The van der Waals surface area contributed by atoms with Gasteiger partial charge in [0.2, 0.25) is 5.91 Å². The van der Waals surface area contributed by atoms with E-state index in [2.05, 4.69) is 21.4 Å². The summed E-state index contributed by atoms with van der Waals surface area (Å²) in [5.74, 6) is 0.555. The van der Waals surface area contributed by atoms with Crippen molar-refractivity contribution in [3.8, 4) is 17.8 Å². The van der Waals surface area contributed by atoms with E-state index in [1.165, 1.54) is 12.4 Å². The maximum absolute atomic E-state index is 11.5. The van der Waals surface area contributed by atoms with Gasteiger partial charge in [-0.15, -0.1) is 0 Å². The Balaban J connectivity index is 2.09. The zero-order valence-corrected chi connectivity index (χ0v) is 13.2. The molecule has 1 heterocycles. The van der Waals surface area contributed by atoms with Gasteiger partial charge in [-0.3, -0.25) is 4.79 Å². The summed E-state index contributed by atoms with van der Waals surface area (Å²) >= 11 is 0. The Bertz CT molecular complexity index is 720. The van der Waals surface area contributed by atoms with Crippen molar-refractivity contribution in [3.63, 3.8) is 0 Å². The maximum Gasteiger partial charge on any atom is 0.322 e. The van der Waals surface area contributed by atoms with Crippen molar-refractivity contribution >= 4 is 11.6 Å². The molecule has 1 N–H and O–H groups in total. The van der Waals surface area contributed by atoms with Crippen LogP contribution in [0.25, 0.3) is 0 Å². The van der Waals surface area contributed by atoms with Crippen LogP contribution in [0.3, 0.4) is 0 Å². The Hall–Kier alpha value is -2.94. The lowest BCUT2D eigenvalue weighted by Gasteiger charge is -2.09. The normalized spacial score (nSPS) is 9.96. The van der Waals surface area contributed by atoms with Gasteiger partial charge < -0.3 is 10.1 Å². The molecule has 0 unspecified atom stereocenters. The molecule has 0 bridgehead atoms. The van der Waals surface area contributed by atoms with E-state index < -0.39 is 0 Å². The van der Waals surface area contributed by atoms with Crippen molar-refractivity contribution < 1.29 is 9.53 Å². The van der Waals surface area contributed by atoms with Crippen LogP contribution in [-0.4, -0.2) is 15.9 Å². The number of nitrogens with zero attached hydrogens (tertiary/aromatic N) is 3. The molecule has 2 aromatic rings. The Morgan fingerprint density at radius 3 is 2.65 bits per heavy atom. The first kappa shape index (κ1) is 16.4. The first-order valence-electron chi connectivity index (χ1n) is 7.49.